The Hall–Kier alpha value is -2.24. The van der Waals surface area contributed by atoms with Gasteiger partial charge in [0.2, 0.25) is 0 Å². The second-order valence-corrected chi connectivity index (χ2v) is 6.25. The number of nitrogens with one attached hydrogen (secondary N) is 1. The Morgan fingerprint density at radius 1 is 1.24 bits per heavy atom. The fourth-order valence-electron chi connectivity index (χ4n) is 3.02. The fourth-order valence-corrected chi connectivity index (χ4v) is 3.02. The van der Waals surface area contributed by atoms with Crippen LogP contribution in [0.2, 0.25) is 0 Å². The van der Waals surface area contributed by atoms with E-state index in [4.69, 9.17) is 0 Å². The maximum atomic E-state index is 11.3. The maximum Gasteiger partial charge on any atom is 0.307 e. The first-order valence-electron chi connectivity index (χ1n) is 8.98. The van der Waals surface area contributed by atoms with Crippen molar-refractivity contribution >= 4 is 17.6 Å². The zero-order valence-electron chi connectivity index (χ0n) is 15.8. The molecule has 138 valence electrons. The summed E-state index contributed by atoms with van der Waals surface area (Å²) in [7, 11) is 1.41. The first kappa shape index (κ1) is 19.1. The van der Waals surface area contributed by atoms with Gasteiger partial charge in [0.05, 0.1) is 20.1 Å². The molecule has 2 rings (SSSR count). The molecule has 0 atom stereocenters. The molecule has 1 aliphatic rings. The first-order valence-corrected chi connectivity index (χ1v) is 8.98. The molecule has 1 N–H and O–H groups in total. The van der Waals surface area contributed by atoms with E-state index in [-0.39, 0.29) is 5.97 Å². The summed E-state index contributed by atoms with van der Waals surface area (Å²) < 4.78 is 4.67. The molecule has 1 aromatic rings. The van der Waals surface area contributed by atoms with Crippen molar-refractivity contribution in [3.63, 3.8) is 0 Å². The van der Waals surface area contributed by atoms with Gasteiger partial charge in [0.25, 0.3) is 0 Å². The summed E-state index contributed by atoms with van der Waals surface area (Å²) in [5.74, 6) is 0.659. The molecule has 0 unspecified atom stereocenters. The van der Waals surface area contributed by atoms with Crippen LogP contribution in [-0.4, -0.2) is 63.2 Å². The number of aliphatic imine (C=N–C) groups is 1. The minimum absolute atomic E-state index is 0.223. The third-order valence-corrected chi connectivity index (χ3v) is 4.64. The van der Waals surface area contributed by atoms with Gasteiger partial charge in [0, 0.05) is 38.4 Å². The average molecular weight is 346 g/mol. The van der Waals surface area contributed by atoms with Crippen molar-refractivity contribution in [2.24, 2.45) is 4.99 Å². The molecule has 0 saturated carbocycles. The van der Waals surface area contributed by atoms with Crippen LogP contribution >= 0.6 is 0 Å². The Bertz CT molecular complexity index is 607. The average Bonchev–Trinajstić information content (AvgIpc) is 2.63. The van der Waals surface area contributed by atoms with Crippen LogP contribution in [0.5, 0.6) is 0 Å². The quantitative estimate of drug-likeness (QED) is 0.502. The van der Waals surface area contributed by atoms with Crippen molar-refractivity contribution in [1.29, 1.82) is 0 Å². The van der Waals surface area contributed by atoms with E-state index < -0.39 is 0 Å². The van der Waals surface area contributed by atoms with E-state index in [9.17, 15) is 4.79 Å². The number of carbonyl (C=O) groups excluding carboxylic acids is 1. The Labute approximate surface area is 150 Å². The van der Waals surface area contributed by atoms with E-state index in [1.165, 1.54) is 23.9 Å². The normalized spacial score (nSPS) is 15.3. The number of guanidine groups is 1. The van der Waals surface area contributed by atoms with Crippen molar-refractivity contribution < 1.29 is 9.53 Å². The highest BCUT2D eigenvalue weighted by Gasteiger charge is 2.21. The summed E-state index contributed by atoms with van der Waals surface area (Å²) in [6, 6.07) is 6.49. The lowest BCUT2D eigenvalue weighted by atomic mass is 10.1. The number of methoxy groups -OCH3 is 1. The van der Waals surface area contributed by atoms with Gasteiger partial charge in [0.1, 0.15) is 0 Å². The molecular formula is C19H30N4O2. The summed E-state index contributed by atoms with van der Waals surface area (Å²) in [6.07, 6.45) is 0.313. The second kappa shape index (κ2) is 9.30. The molecule has 0 bridgehead atoms. The third kappa shape index (κ3) is 5.11. The Kier molecular flexibility index (Phi) is 7.10. The number of esters is 1. The maximum absolute atomic E-state index is 11.3. The molecule has 1 aliphatic heterocycles. The van der Waals surface area contributed by atoms with E-state index >= 15 is 0 Å². The molecule has 0 radical (unpaired) electrons. The summed E-state index contributed by atoms with van der Waals surface area (Å²) in [5, 5.41) is 3.32. The van der Waals surface area contributed by atoms with Crippen LogP contribution in [0.3, 0.4) is 0 Å². The van der Waals surface area contributed by atoms with Crippen molar-refractivity contribution in [2.75, 3.05) is 51.3 Å². The molecule has 6 nitrogen and oxygen atoms in total. The van der Waals surface area contributed by atoms with Gasteiger partial charge in [0.15, 0.2) is 5.96 Å². The number of benzene rings is 1. The molecule has 1 saturated heterocycles. The molecule has 0 amide bonds. The van der Waals surface area contributed by atoms with E-state index in [1.54, 1.807) is 0 Å². The van der Waals surface area contributed by atoms with Gasteiger partial charge in [-0.2, -0.15) is 0 Å². The number of rotatable bonds is 5. The molecule has 6 heteroatoms. The monoisotopic (exact) mass is 346 g/mol. The Morgan fingerprint density at radius 3 is 2.60 bits per heavy atom. The van der Waals surface area contributed by atoms with Gasteiger partial charge < -0.3 is 19.9 Å². The summed E-state index contributed by atoms with van der Waals surface area (Å²) in [6.45, 7) is 11.4. The van der Waals surface area contributed by atoms with Gasteiger partial charge in [-0.1, -0.05) is 12.1 Å². The second-order valence-electron chi connectivity index (χ2n) is 6.25. The van der Waals surface area contributed by atoms with Crippen molar-refractivity contribution in [2.45, 2.75) is 27.2 Å². The van der Waals surface area contributed by atoms with Crippen molar-refractivity contribution in [3.8, 4) is 0 Å². The summed E-state index contributed by atoms with van der Waals surface area (Å²) in [4.78, 5) is 20.5. The lowest BCUT2D eigenvalue weighted by molar-refractivity contribution is -0.140. The highest BCUT2D eigenvalue weighted by molar-refractivity contribution is 5.80. The SMILES string of the molecule is CCNC(=NCCC(=O)OC)N1CCN(c2cccc(C)c2C)CC1. The van der Waals surface area contributed by atoms with Crippen LogP contribution < -0.4 is 10.2 Å². The van der Waals surface area contributed by atoms with Crippen LogP contribution in [0, 0.1) is 13.8 Å². The molecule has 25 heavy (non-hydrogen) atoms. The summed E-state index contributed by atoms with van der Waals surface area (Å²) in [5.41, 5.74) is 4.01. The van der Waals surface area contributed by atoms with E-state index in [1.807, 2.05) is 0 Å². The largest absolute Gasteiger partial charge is 0.469 e. The first-order chi connectivity index (χ1) is 12.1. The third-order valence-electron chi connectivity index (χ3n) is 4.64. The number of ether oxygens (including phenoxy) is 1. The Balaban J connectivity index is 1.97. The molecular weight excluding hydrogens is 316 g/mol. The zero-order chi connectivity index (χ0) is 18.2. The molecule has 0 aromatic heterocycles. The number of piperazine rings is 1. The topological polar surface area (TPSA) is 57.2 Å². The van der Waals surface area contributed by atoms with E-state index in [0.29, 0.717) is 13.0 Å². The van der Waals surface area contributed by atoms with Gasteiger partial charge >= 0.3 is 5.97 Å². The van der Waals surface area contributed by atoms with Crippen LogP contribution in [0.4, 0.5) is 5.69 Å². The minimum atomic E-state index is -0.223. The van der Waals surface area contributed by atoms with Crippen LogP contribution in [-0.2, 0) is 9.53 Å². The van der Waals surface area contributed by atoms with Gasteiger partial charge in [-0.05, 0) is 38.0 Å². The highest BCUT2D eigenvalue weighted by atomic mass is 16.5. The smallest absolute Gasteiger partial charge is 0.307 e. The van der Waals surface area contributed by atoms with Crippen LogP contribution in [0.25, 0.3) is 0 Å². The lowest BCUT2D eigenvalue weighted by Gasteiger charge is -2.38. The molecule has 1 fully saturated rings. The minimum Gasteiger partial charge on any atom is -0.469 e. The Morgan fingerprint density at radius 2 is 1.96 bits per heavy atom. The van der Waals surface area contributed by atoms with Crippen LogP contribution in [0.15, 0.2) is 23.2 Å². The van der Waals surface area contributed by atoms with Crippen molar-refractivity contribution in [1.82, 2.24) is 10.2 Å². The molecule has 0 spiro atoms. The van der Waals surface area contributed by atoms with Gasteiger partial charge in [-0.25, -0.2) is 0 Å². The zero-order valence-corrected chi connectivity index (χ0v) is 15.8. The number of carbonyl (C=O) groups is 1. The van der Waals surface area contributed by atoms with E-state index in [0.717, 1.165) is 38.7 Å². The number of nitrogens with zero attached hydrogens (tertiary/aromatic N) is 3. The number of hydrogen-bond acceptors (Lipinski definition) is 4. The predicted octanol–water partition coefficient (Wildman–Crippen LogP) is 1.95. The highest BCUT2D eigenvalue weighted by Crippen LogP contribution is 2.23. The van der Waals surface area contributed by atoms with E-state index in [2.05, 4.69) is 63.8 Å². The lowest BCUT2D eigenvalue weighted by Crippen LogP contribution is -2.52. The predicted molar refractivity (Wildman–Crippen MR) is 102 cm³/mol. The fraction of sp³-hybridized carbons (Fsp3) is 0.579. The number of aryl methyl sites for hydroxylation is 1. The van der Waals surface area contributed by atoms with Crippen molar-refractivity contribution in [3.05, 3.63) is 29.3 Å². The number of hydrogen-bond donors (Lipinski definition) is 1. The standard InChI is InChI=1S/C19H30N4O2/c1-5-20-19(21-10-9-18(24)25-4)23-13-11-22(12-14-23)17-8-6-7-15(2)16(17)3/h6-8H,5,9-14H2,1-4H3,(H,20,21). The molecule has 1 heterocycles. The van der Waals surface area contributed by atoms with Crippen LogP contribution in [0.1, 0.15) is 24.5 Å². The molecule has 0 aliphatic carbocycles. The van der Waals surface area contributed by atoms with Gasteiger partial charge in [-0.3, -0.25) is 9.79 Å². The number of anilines is 1. The summed E-state index contributed by atoms with van der Waals surface area (Å²) >= 11 is 0. The molecule has 1 aromatic carbocycles. The van der Waals surface area contributed by atoms with Gasteiger partial charge in [-0.15, -0.1) is 0 Å².